The van der Waals surface area contributed by atoms with E-state index in [1.165, 1.54) is 18.0 Å². The third kappa shape index (κ3) is 2.71. The number of hydrogen-bond donors (Lipinski definition) is 2. The van der Waals surface area contributed by atoms with Crippen LogP contribution in [0.15, 0.2) is 11.4 Å². The van der Waals surface area contributed by atoms with Gasteiger partial charge in [0.1, 0.15) is 0 Å². The Morgan fingerprint density at radius 3 is 2.75 bits per heavy atom. The Labute approximate surface area is 94.7 Å². The molecule has 0 radical (unpaired) electrons. The van der Waals surface area contributed by atoms with E-state index in [0.29, 0.717) is 0 Å². The number of ether oxygens (including phenoxy) is 1. The summed E-state index contributed by atoms with van der Waals surface area (Å²) < 4.78 is 32.4. The SMILES string of the molecule is COC(C)CNS(=O)(=O)c1c(N)ncn1C. The van der Waals surface area contributed by atoms with Crippen LogP contribution in [0.4, 0.5) is 5.82 Å². The highest BCUT2D eigenvalue weighted by Crippen LogP contribution is 2.14. The van der Waals surface area contributed by atoms with Crippen LogP contribution >= 0.6 is 0 Å². The van der Waals surface area contributed by atoms with Gasteiger partial charge < -0.3 is 15.0 Å². The van der Waals surface area contributed by atoms with Crippen molar-refractivity contribution in [1.29, 1.82) is 0 Å². The Bertz CT molecular complexity index is 434. The minimum atomic E-state index is -3.64. The number of rotatable bonds is 5. The Kier molecular flexibility index (Phi) is 3.89. The van der Waals surface area contributed by atoms with E-state index in [9.17, 15) is 8.42 Å². The number of anilines is 1. The van der Waals surface area contributed by atoms with Gasteiger partial charge >= 0.3 is 0 Å². The van der Waals surface area contributed by atoms with Crippen molar-refractivity contribution in [3.8, 4) is 0 Å². The van der Waals surface area contributed by atoms with E-state index >= 15 is 0 Å². The number of methoxy groups -OCH3 is 1. The lowest BCUT2D eigenvalue weighted by atomic mass is 10.4. The molecule has 0 saturated heterocycles. The van der Waals surface area contributed by atoms with Crippen LogP contribution in [0.2, 0.25) is 0 Å². The zero-order valence-corrected chi connectivity index (χ0v) is 10.3. The van der Waals surface area contributed by atoms with E-state index < -0.39 is 10.0 Å². The first-order valence-electron chi connectivity index (χ1n) is 4.67. The Balaban J connectivity index is 2.87. The van der Waals surface area contributed by atoms with Gasteiger partial charge in [-0.2, -0.15) is 0 Å². The zero-order valence-electron chi connectivity index (χ0n) is 9.47. The molecule has 0 fully saturated rings. The second-order valence-corrected chi connectivity index (χ2v) is 5.13. The molecule has 1 atom stereocenters. The minimum absolute atomic E-state index is 0.0138. The van der Waals surface area contributed by atoms with Gasteiger partial charge in [0.05, 0.1) is 12.4 Å². The molecule has 0 saturated carbocycles. The molecule has 1 aromatic heterocycles. The number of imidazole rings is 1. The van der Waals surface area contributed by atoms with Gasteiger partial charge in [-0.25, -0.2) is 18.1 Å². The predicted molar refractivity (Wildman–Crippen MR) is 59.3 cm³/mol. The van der Waals surface area contributed by atoms with Crippen molar-refractivity contribution in [3.05, 3.63) is 6.33 Å². The molecular formula is C8H16N4O3S. The van der Waals surface area contributed by atoms with Crippen LogP contribution in [-0.4, -0.2) is 37.7 Å². The molecule has 16 heavy (non-hydrogen) atoms. The molecule has 3 N–H and O–H groups in total. The summed E-state index contributed by atoms with van der Waals surface area (Å²) in [6, 6.07) is 0. The fraction of sp³-hybridized carbons (Fsp3) is 0.625. The number of aryl methyl sites for hydroxylation is 1. The number of aromatic nitrogens is 2. The first-order valence-corrected chi connectivity index (χ1v) is 6.16. The Morgan fingerprint density at radius 1 is 1.69 bits per heavy atom. The summed E-state index contributed by atoms with van der Waals surface area (Å²) in [4.78, 5) is 3.72. The molecule has 1 aromatic rings. The van der Waals surface area contributed by atoms with E-state index in [2.05, 4.69) is 9.71 Å². The number of sulfonamides is 1. The van der Waals surface area contributed by atoms with Crippen molar-refractivity contribution in [2.45, 2.75) is 18.1 Å². The summed E-state index contributed by atoms with van der Waals surface area (Å²) in [5, 5.41) is -0.0317. The van der Waals surface area contributed by atoms with Gasteiger partial charge in [0.2, 0.25) is 0 Å². The van der Waals surface area contributed by atoms with Gasteiger partial charge in [-0.05, 0) is 6.92 Å². The summed E-state index contributed by atoms with van der Waals surface area (Å²) in [5.74, 6) is -0.0138. The van der Waals surface area contributed by atoms with Crippen LogP contribution in [0, 0.1) is 0 Å². The lowest BCUT2D eigenvalue weighted by Crippen LogP contribution is -2.33. The van der Waals surface area contributed by atoms with Gasteiger partial charge in [0.25, 0.3) is 10.0 Å². The average molecular weight is 248 g/mol. The maximum atomic E-state index is 11.8. The van der Waals surface area contributed by atoms with Crippen molar-refractivity contribution in [3.63, 3.8) is 0 Å². The number of nitrogen functional groups attached to an aromatic ring is 1. The molecule has 0 aliphatic carbocycles. The second kappa shape index (κ2) is 4.81. The van der Waals surface area contributed by atoms with Crippen molar-refractivity contribution < 1.29 is 13.2 Å². The van der Waals surface area contributed by atoms with Crippen LogP contribution < -0.4 is 10.5 Å². The van der Waals surface area contributed by atoms with Crippen molar-refractivity contribution >= 4 is 15.8 Å². The molecule has 1 unspecified atom stereocenters. The quantitative estimate of drug-likeness (QED) is 0.719. The predicted octanol–water partition coefficient (Wildman–Crippen LogP) is -0.684. The smallest absolute Gasteiger partial charge is 0.260 e. The summed E-state index contributed by atoms with van der Waals surface area (Å²) in [6.07, 6.45) is 1.15. The van der Waals surface area contributed by atoms with Crippen LogP contribution in [0.1, 0.15) is 6.92 Å². The van der Waals surface area contributed by atoms with E-state index in [-0.39, 0.29) is 23.5 Å². The van der Waals surface area contributed by atoms with Crippen LogP contribution in [-0.2, 0) is 21.8 Å². The normalized spacial score (nSPS) is 13.9. The van der Waals surface area contributed by atoms with Crippen LogP contribution in [0.3, 0.4) is 0 Å². The molecule has 0 aliphatic rings. The lowest BCUT2D eigenvalue weighted by molar-refractivity contribution is 0.122. The molecular weight excluding hydrogens is 232 g/mol. The molecule has 0 bridgehead atoms. The number of nitrogens with zero attached hydrogens (tertiary/aromatic N) is 2. The molecule has 0 aliphatic heterocycles. The maximum Gasteiger partial charge on any atom is 0.260 e. The third-order valence-corrected chi connectivity index (χ3v) is 3.68. The van der Waals surface area contributed by atoms with Gasteiger partial charge in [-0.1, -0.05) is 0 Å². The topological polar surface area (TPSA) is 99.2 Å². The average Bonchev–Trinajstić information content (AvgIpc) is 2.55. The fourth-order valence-electron chi connectivity index (χ4n) is 1.14. The van der Waals surface area contributed by atoms with Crippen LogP contribution in [0.25, 0.3) is 0 Å². The highest BCUT2D eigenvalue weighted by molar-refractivity contribution is 7.89. The van der Waals surface area contributed by atoms with E-state index in [4.69, 9.17) is 10.5 Å². The third-order valence-electron chi connectivity index (χ3n) is 2.13. The lowest BCUT2D eigenvalue weighted by Gasteiger charge is -2.11. The molecule has 8 heteroatoms. The fourth-order valence-corrected chi connectivity index (χ4v) is 2.49. The number of nitrogens with two attached hydrogens (primary N) is 1. The Morgan fingerprint density at radius 2 is 2.31 bits per heavy atom. The van der Waals surface area contributed by atoms with Crippen LogP contribution in [0.5, 0.6) is 0 Å². The van der Waals surface area contributed by atoms with E-state index in [0.717, 1.165) is 0 Å². The van der Waals surface area contributed by atoms with Crippen molar-refractivity contribution in [2.24, 2.45) is 7.05 Å². The summed E-state index contributed by atoms with van der Waals surface area (Å²) in [7, 11) is -0.560. The first-order chi connectivity index (χ1) is 7.38. The minimum Gasteiger partial charge on any atom is -0.381 e. The molecule has 0 amide bonds. The largest absolute Gasteiger partial charge is 0.381 e. The highest BCUT2D eigenvalue weighted by atomic mass is 32.2. The zero-order chi connectivity index (χ0) is 12.3. The molecule has 7 nitrogen and oxygen atoms in total. The summed E-state index contributed by atoms with van der Waals surface area (Å²) in [5.41, 5.74) is 5.48. The first kappa shape index (κ1) is 12.9. The molecule has 1 heterocycles. The molecule has 92 valence electrons. The Hall–Kier alpha value is -1.12. The number of hydrogen-bond acceptors (Lipinski definition) is 5. The molecule has 0 aromatic carbocycles. The van der Waals surface area contributed by atoms with E-state index in [1.54, 1.807) is 14.0 Å². The molecule has 1 rings (SSSR count). The number of nitrogens with one attached hydrogen (secondary N) is 1. The van der Waals surface area contributed by atoms with E-state index in [1.807, 2.05) is 0 Å². The maximum absolute atomic E-state index is 11.8. The highest BCUT2D eigenvalue weighted by Gasteiger charge is 2.22. The van der Waals surface area contributed by atoms with Gasteiger partial charge in [0, 0.05) is 20.7 Å². The summed E-state index contributed by atoms with van der Waals surface area (Å²) in [6.45, 7) is 1.94. The van der Waals surface area contributed by atoms with Gasteiger partial charge in [0.15, 0.2) is 10.8 Å². The standard InChI is InChI=1S/C8H16N4O3S/c1-6(15-3)4-11-16(13,14)8-7(9)10-5-12(8)2/h5-6,11H,4,9H2,1-3H3. The van der Waals surface area contributed by atoms with Crippen molar-refractivity contribution in [1.82, 2.24) is 14.3 Å². The summed E-state index contributed by atoms with van der Waals surface area (Å²) >= 11 is 0. The monoisotopic (exact) mass is 248 g/mol. The van der Waals surface area contributed by atoms with Crippen molar-refractivity contribution in [2.75, 3.05) is 19.4 Å². The molecule has 0 spiro atoms. The van der Waals surface area contributed by atoms with Gasteiger partial charge in [-0.15, -0.1) is 0 Å². The van der Waals surface area contributed by atoms with Gasteiger partial charge in [-0.3, -0.25) is 0 Å². The second-order valence-electron chi connectivity index (χ2n) is 3.44.